The summed E-state index contributed by atoms with van der Waals surface area (Å²) in [6.45, 7) is 5.76. The second kappa shape index (κ2) is 7.90. The van der Waals surface area contributed by atoms with Crippen molar-refractivity contribution in [2.75, 3.05) is 13.7 Å². The molecule has 0 spiro atoms. The van der Waals surface area contributed by atoms with Crippen LogP contribution in [-0.4, -0.2) is 42.7 Å². The zero-order chi connectivity index (χ0) is 16.0. The van der Waals surface area contributed by atoms with Crippen LogP contribution in [0.25, 0.3) is 0 Å². The summed E-state index contributed by atoms with van der Waals surface area (Å²) in [6.07, 6.45) is -0.660. The van der Waals surface area contributed by atoms with Crippen LogP contribution in [0.4, 0.5) is 0 Å². The van der Waals surface area contributed by atoms with Crippen LogP contribution in [0.5, 0.6) is 0 Å². The predicted octanol–water partition coefficient (Wildman–Crippen LogP) is 1.39. The molecule has 1 aromatic rings. The summed E-state index contributed by atoms with van der Waals surface area (Å²) >= 11 is 0. The second-order valence-corrected chi connectivity index (χ2v) is 5.25. The zero-order valence-corrected chi connectivity index (χ0v) is 13.0. The molecule has 1 aromatic carbocycles. The monoisotopic (exact) mass is 293 g/mol. The Morgan fingerprint density at radius 1 is 1.29 bits per heavy atom. The molecule has 5 nitrogen and oxygen atoms in total. The van der Waals surface area contributed by atoms with Crippen molar-refractivity contribution < 1.29 is 19.4 Å². The van der Waals surface area contributed by atoms with Gasteiger partial charge in [-0.1, -0.05) is 12.1 Å². The van der Waals surface area contributed by atoms with Gasteiger partial charge in [-0.15, -0.1) is 0 Å². The number of nitrogens with one attached hydrogen (secondary N) is 1. The van der Waals surface area contributed by atoms with E-state index in [1.54, 1.807) is 13.0 Å². The fourth-order valence-electron chi connectivity index (χ4n) is 1.92. The number of aliphatic hydroxyl groups excluding tert-OH is 1. The second-order valence-electron chi connectivity index (χ2n) is 5.25. The van der Waals surface area contributed by atoms with Crippen LogP contribution in [0.2, 0.25) is 0 Å². The van der Waals surface area contributed by atoms with Gasteiger partial charge in [-0.05, 0) is 38.0 Å². The van der Waals surface area contributed by atoms with E-state index in [9.17, 15) is 14.7 Å². The highest BCUT2D eigenvalue weighted by atomic mass is 16.5. The molecule has 2 unspecified atom stereocenters. The van der Waals surface area contributed by atoms with Crippen molar-refractivity contribution in [1.82, 2.24) is 5.32 Å². The van der Waals surface area contributed by atoms with E-state index in [1.165, 1.54) is 7.11 Å². The number of rotatable bonds is 7. The topological polar surface area (TPSA) is 75.6 Å². The predicted molar refractivity (Wildman–Crippen MR) is 80.4 cm³/mol. The number of esters is 1. The molecule has 5 heteroatoms. The number of ketones is 1. The minimum absolute atomic E-state index is 0.0605. The van der Waals surface area contributed by atoms with Crippen LogP contribution in [0.1, 0.15) is 34.8 Å². The molecule has 0 aliphatic heterocycles. The van der Waals surface area contributed by atoms with Crippen molar-refractivity contribution >= 4 is 11.8 Å². The highest BCUT2D eigenvalue weighted by Crippen LogP contribution is 2.13. The van der Waals surface area contributed by atoms with Gasteiger partial charge < -0.3 is 15.2 Å². The summed E-state index contributed by atoms with van der Waals surface area (Å²) in [5, 5.41) is 12.3. The average molecular weight is 293 g/mol. The van der Waals surface area contributed by atoms with Crippen molar-refractivity contribution in [2.45, 2.75) is 39.3 Å². The van der Waals surface area contributed by atoms with Gasteiger partial charge >= 0.3 is 5.97 Å². The largest absolute Gasteiger partial charge is 0.469 e. The number of methoxy groups -OCH3 is 1. The van der Waals surface area contributed by atoms with Gasteiger partial charge in [-0.2, -0.15) is 0 Å². The van der Waals surface area contributed by atoms with Crippen molar-refractivity contribution in [3.05, 3.63) is 34.9 Å². The number of Topliss-reactive ketones (excluding diaryl/α,β-unsaturated/α-hetero) is 1. The first-order valence-corrected chi connectivity index (χ1v) is 6.95. The van der Waals surface area contributed by atoms with Crippen molar-refractivity contribution in [3.8, 4) is 0 Å². The maximum atomic E-state index is 12.5. The van der Waals surface area contributed by atoms with E-state index >= 15 is 0 Å². The van der Waals surface area contributed by atoms with Gasteiger partial charge in [-0.3, -0.25) is 9.59 Å². The lowest BCUT2D eigenvalue weighted by Crippen LogP contribution is -2.42. The van der Waals surface area contributed by atoms with Crippen molar-refractivity contribution in [2.24, 2.45) is 0 Å². The van der Waals surface area contributed by atoms with Gasteiger partial charge in [-0.25, -0.2) is 0 Å². The maximum Gasteiger partial charge on any atom is 0.307 e. The first kappa shape index (κ1) is 17.3. The van der Waals surface area contributed by atoms with Gasteiger partial charge in [0.1, 0.15) is 0 Å². The number of aliphatic hydroxyl groups is 1. The SMILES string of the molecule is COC(=O)CC(NCC(C)O)C(=O)c1ccc(C)c(C)c1. The van der Waals surface area contributed by atoms with Gasteiger partial charge in [0.15, 0.2) is 5.78 Å². The molecular formula is C16H23NO4. The summed E-state index contributed by atoms with van der Waals surface area (Å²) in [4.78, 5) is 24.0. The molecule has 0 saturated carbocycles. The number of ether oxygens (including phenoxy) is 1. The van der Waals surface area contributed by atoms with E-state index in [0.717, 1.165) is 11.1 Å². The molecule has 21 heavy (non-hydrogen) atoms. The van der Waals surface area contributed by atoms with Crippen molar-refractivity contribution in [3.63, 3.8) is 0 Å². The Kier molecular flexibility index (Phi) is 6.52. The van der Waals surface area contributed by atoms with E-state index in [2.05, 4.69) is 10.1 Å². The van der Waals surface area contributed by atoms with Crippen LogP contribution in [-0.2, 0) is 9.53 Å². The quantitative estimate of drug-likeness (QED) is 0.587. The standard InChI is InChI=1S/C16H23NO4/c1-10-5-6-13(7-11(10)2)16(20)14(8-15(19)21-4)17-9-12(3)18/h5-7,12,14,17-18H,8-9H2,1-4H3. The van der Waals surface area contributed by atoms with Gasteiger partial charge in [0, 0.05) is 12.1 Å². The maximum absolute atomic E-state index is 12.5. The third-order valence-corrected chi connectivity index (χ3v) is 3.37. The van der Waals surface area contributed by atoms with Gasteiger partial charge in [0.2, 0.25) is 0 Å². The fraction of sp³-hybridized carbons (Fsp3) is 0.500. The van der Waals surface area contributed by atoms with Crippen LogP contribution >= 0.6 is 0 Å². The van der Waals surface area contributed by atoms with Crippen LogP contribution in [0.3, 0.4) is 0 Å². The van der Waals surface area contributed by atoms with Gasteiger partial charge in [0.05, 0.1) is 25.7 Å². The van der Waals surface area contributed by atoms with Crippen LogP contribution in [0.15, 0.2) is 18.2 Å². The molecule has 1 rings (SSSR count). The Morgan fingerprint density at radius 3 is 2.48 bits per heavy atom. The minimum Gasteiger partial charge on any atom is -0.469 e. The lowest BCUT2D eigenvalue weighted by Gasteiger charge is -2.18. The van der Waals surface area contributed by atoms with Crippen LogP contribution < -0.4 is 5.32 Å². The Balaban J connectivity index is 2.91. The van der Waals surface area contributed by atoms with E-state index < -0.39 is 18.1 Å². The molecule has 2 atom stereocenters. The summed E-state index contributed by atoms with van der Waals surface area (Å²) in [5.74, 6) is -0.639. The molecule has 0 amide bonds. The first-order chi connectivity index (χ1) is 9.85. The molecule has 116 valence electrons. The molecular weight excluding hydrogens is 270 g/mol. The summed E-state index contributed by atoms with van der Waals surface area (Å²) in [6, 6.07) is 4.74. The average Bonchev–Trinajstić information content (AvgIpc) is 2.45. The van der Waals surface area contributed by atoms with E-state index in [4.69, 9.17) is 0 Å². The molecule has 0 aromatic heterocycles. The van der Waals surface area contributed by atoms with E-state index in [1.807, 2.05) is 26.0 Å². The molecule has 0 aliphatic carbocycles. The smallest absolute Gasteiger partial charge is 0.307 e. The molecule has 0 saturated heterocycles. The Labute approximate surface area is 125 Å². The zero-order valence-electron chi connectivity index (χ0n) is 13.0. The summed E-state index contributed by atoms with van der Waals surface area (Å²) in [5.41, 5.74) is 2.67. The molecule has 2 N–H and O–H groups in total. The third-order valence-electron chi connectivity index (χ3n) is 3.37. The Morgan fingerprint density at radius 2 is 1.95 bits per heavy atom. The lowest BCUT2D eigenvalue weighted by molar-refractivity contribution is -0.141. The lowest BCUT2D eigenvalue weighted by atomic mass is 9.98. The highest BCUT2D eigenvalue weighted by molar-refractivity contribution is 6.02. The fourth-order valence-corrected chi connectivity index (χ4v) is 1.92. The number of carbonyl (C=O) groups excluding carboxylic acids is 2. The Bertz CT molecular complexity index is 511. The number of benzene rings is 1. The number of aryl methyl sites for hydroxylation is 2. The summed E-state index contributed by atoms with van der Waals surface area (Å²) in [7, 11) is 1.29. The summed E-state index contributed by atoms with van der Waals surface area (Å²) < 4.78 is 4.62. The van der Waals surface area contributed by atoms with Crippen LogP contribution in [0, 0.1) is 13.8 Å². The van der Waals surface area contributed by atoms with E-state index in [-0.39, 0.29) is 18.7 Å². The normalized spacial score (nSPS) is 13.6. The van der Waals surface area contributed by atoms with Crippen molar-refractivity contribution in [1.29, 1.82) is 0 Å². The first-order valence-electron chi connectivity index (χ1n) is 6.95. The minimum atomic E-state index is -0.700. The highest BCUT2D eigenvalue weighted by Gasteiger charge is 2.23. The molecule has 0 aliphatic rings. The van der Waals surface area contributed by atoms with Gasteiger partial charge in [0.25, 0.3) is 0 Å². The number of hydrogen-bond acceptors (Lipinski definition) is 5. The molecule has 0 heterocycles. The number of carbonyl (C=O) groups is 2. The third kappa shape index (κ3) is 5.28. The molecule has 0 fully saturated rings. The van der Waals surface area contributed by atoms with E-state index in [0.29, 0.717) is 5.56 Å². The molecule has 0 radical (unpaired) electrons. The Hall–Kier alpha value is -1.72. The number of hydrogen-bond donors (Lipinski definition) is 2. The molecule has 0 bridgehead atoms.